The first-order chi connectivity index (χ1) is 13.1. The Bertz CT molecular complexity index is 993. The van der Waals surface area contributed by atoms with Gasteiger partial charge in [-0.3, -0.25) is 4.79 Å². The van der Waals surface area contributed by atoms with Crippen LogP contribution in [-0.2, 0) is 4.74 Å². The smallest absolute Gasteiger partial charge is 0.338 e. The summed E-state index contributed by atoms with van der Waals surface area (Å²) in [5.41, 5.74) is 3.57. The topological polar surface area (TPSA) is 80.9 Å². The minimum Gasteiger partial charge on any atom is -0.465 e. The van der Waals surface area contributed by atoms with E-state index >= 15 is 0 Å². The highest BCUT2D eigenvalue weighted by atomic mass is 19.1. The first-order valence-corrected chi connectivity index (χ1v) is 7.95. The second kappa shape index (κ2) is 8.09. The van der Waals surface area contributed by atoms with Gasteiger partial charge in [-0.15, -0.1) is 0 Å². The molecule has 1 N–H and O–H groups in total. The Morgan fingerprint density at radius 1 is 1.07 bits per heavy atom. The summed E-state index contributed by atoms with van der Waals surface area (Å²) in [4.78, 5) is 23.8. The standard InChI is InChI=1S/C20H15FN2O4/c1-26-20(25)17-5-3-2-4-16(17)18-11-10-15(27-18)12-22-23-19(24)13-6-8-14(21)9-7-13/h2-12H,1H3,(H,23,24)/b22-12-. The van der Waals surface area contributed by atoms with E-state index in [2.05, 4.69) is 10.5 Å². The van der Waals surface area contributed by atoms with E-state index in [-0.39, 0.29) is 5.56 Å². The minimum absolute atomic E-state index is 0.278. The van der Waals surface area contributed by atoms with Gasteiger partial charge in [0.2, 0.25) is 0 Å². The predicted octanol–water partition coefficient (Wildman–Crippen LogP) is 3.64. The summed E-state index contributed by atoms with van der Waals surface area (Å²) in [6, 6.07) is 15.3. The summed E-state index contributed by atoms with van der Waals surface area (Å²) < 4.78 is 23.3. The zero-order valence-electron chi connectivity index (χ0n) is 14.3. The van der Waals surface area contributed by atoms with Crippen molar-refractivity contribution in [1.29, 1.82) is 0 Å². The van der Waals surface area contributed by atoms with Crippen LogP contribution in [0.3, 0.4) is 0 Å². The van der Waals surface area contributed by atoms with Crippen molar-refractivity contribution in [1.82, 2.24) is 5.43 Å². The summed E-state index contributed by atoms with van der Waals surface area (Å²) in [5, 5.41) is 3.82. The zero-order chi connectivity index (χ0) is 19.2. The lowest BCUT2D eigenvalue weighted by molar-refractivity contribution is 0.0601. The molecule has 0 saturated heterocycles. The van der Waals surface area contributed by atoms with E-state index in [1.54, 1.807) is 36.4 Å². The number of furan rings is 1. The molecule has 0 saturated carbocycles. The van der Waals surface area contributed by atoms with Crippen LogP contribution in [-0.4, -0.2) is 25.2 Å². The molecule has 0 fully saturated rings. The molecule has 3 rings (SSSR count). The summed E-state index contributed by atoms with van der Waals surface area (Å²) in [6.07, 6.45) is 1.33. The van der Waals surface area contributed by atoms with Crippen molar-refractivity contribution >= 4 is 18.1 Å². The predicted molar refractivity (Wildman–Crippen MR) is 96.9 cm³/mol. The number of methoxy groups -OCH3 is 1. The van der Waals surface area contributed by atoms with Gasteiger partial charge in [-0.05, 0) is 42.5 Å². The zero-order valence-corrected chi connectivity index (χ0v) is 14.3. The van der Waals surface area contributed by atoms with E-state index in [1.165, 1.54) is 37.6 Å². The van der Waals surface area contributed by atoms with Gasteiger partial charge in [0.05, 0.1) is 18.9 Å². The second-order valence-corrected chi connectivity index (χ2v) is 5.45. The van der Waals surface area contributed by atoms with E-state index in [1.807, 2.05) is 0 Å². The summed E-state index contributed by atoms with van der Waals surface area (Å²) in [7, 11) is 1.31. The number of ether oxygens (including phenoxy) is 1. The van der Waals surface area contributed by atoms with Crippen molar-refractivity contribution in [3.05, 3.63) is 83.4 Å². The van der Waals surface area contributed by atoms with Crippen LogP contribution in [0.25, 0.3) is 11.3 Å². The molecule has 0 spiro atoms. The molecule has 0 unspecified atom stereocenters. The quantitative estimate of drug-likeness (QED) is 0.425. The van der Waals surface area contributed by atoms with Crippen molar-refractivity contribution in [2.75, 3.05) is 7.11 Å². The third-order valence-electron chi connectivity index (χ3n) is 3.69. The monoisotopic (exact) mass is 366 g/mol. The fourth-order valence-electron chi connectivity index (χ4n) is 2.37. The van der Waals surface area contributed by atoms with E-state index in [0.29, 0.717) is 22.6 Å². The normalized spacial score (nSPS) is 10.7. The van der Waals surface area contributed by atoms with Gasteiger partial charge in [-0.25, -0.2) is 14.6 Å². The second-order valence-electron chi connectivity index (χ2n) is 5.45. The highest BCUT2D eigenvalue weighted by Crippen LogP contribution is 2.25. The van der Waals surface area contributed by atoms with Crippen LogP contribution < -0.4 is 5.43 Å². The summed E-state index contributed by atoms with van der Waals surface area (Å²) in [5.74, 6) is -0.533. The molecule has 1 amide bonds. The van der Waals surface area contributed by atoms with Crippen molar-refractivity contribution in [2.24, 2.45) is 5.10 Å². The Morgan fingerprint density at radius 2 is 1.81 bits per heavy atom. The molecule has 6 nitrogen and oxygen atoms in total. The number of halogens is 1. The van der Waals surface area contributed by atoms with E-state index in [4.69, 9.17) is 9.15 Å². The van der Waals surface area contributed by atoms with Crippen molar-refractivity contribution < 1.29 is 23.1 Å². The number of amides is 1. The summed E-state index contributed by atoms with van der Waals surface area (Å²) in [6.45, 7) is 0. The molecule has 136 valence electrons. The molecular formula is C20H15FN2O4. The van der Waals surface area contributed by atoms with Crippen molar-refractivity contribution in [3.63, 3.8) is 0 Å². The molecule has 0 atom stereocenters. The van der Waals surface area contributed by atoms with Crippen LogP contribution in [0.15, 0.2) is 70.2 Å². The number of hydrazone groups is 1. The number of hydrogen-bond donors (Lipinski definition) is 1. The average Bonchev–Trinajstić information content (AvgIpc) is 3.16. The molecule has 0 aliphatic rings. The molecule has 3 aromatic rings. The van der Waals surface area contributed by atoms with Gasteiger partial charge in [0, 0.05) is 11.1 Å². The first-order valence-electron chi connectivity index (χ1n) is 7.95. The van der Waals surface area contributed by atoms with Gasteiger partial charge < -0.3 is 9.15 Å². The van der Waals surface area contributed by atoms with Crippen LogP contribution in [0.4, 0.5) is 4.39 Å². The molecule has 0 radical (unpaired) electrons. The number of nitrogens with zero attached hydrogens (tertiary/aromatic N) is 1. The Hall–Kier alpha value is -3.74. The third kappa shape index (κ3) is 4.27. The Kier molecular flexibility index (Phi) is 5.41. The Morgan fingerprint density at radius 3 is 2.56 bits per heavy atom. The van der Waals surface area contributed by atoms with Crippen LogP contribution >= 0.6 is 0 Å². The van der Waals surface area contributed by atoms with Gasteiger partial charge in [0.15, 0.2) is 0 Å². The highest BCUT2D eigenvalue weighted by Gasteiger charge is 2.15. The van der Waals surface area contributed by atoms with Gasteiger partial charge in [0.1, 0.15) is 17.3 Å². The fourth-order valence-corrected chi connectivity index (χ4v) is 2.37. The van der Waals surface area contributed by atoms with Crippen LogP contribution in [0, 0.1) is 5.82 Å². The number of esters is 1. The Labute approximate surface area is 154 Å². The molecule has 27 heavy (non-hydrogen) atoms. The SMILES string of the molecule is COC(=O)c1ccccc1-c1ccc(/C=N\NC(=O)c2ccc(F)cc2)o1. The maximum Gasteiger partial charge on any atom is 0.338 e. The number of rotatable bonds is 5. The van der Waals surface area contributed by atoms with Crippen LogP contribution in [0.2, 0.25) is 0 Å². The van der Waals surface area contributed by atoms with Crippen molar-refractivity contribution in [3.8, 4) is 11.3 Å². The maximum atomic E-state index is 12.9. The first kappa shape index (κ1) is 18.1. The van der Waals surface area contributed by atoms with Crippen LogP contribution in [0.5, 0.6) is 0 Å². The minimum atomic E-state index is -0.478. The van der Waals surface area contributed by atoms with E-state index < -0.39 is 17.7 Å². The lowest BCUT2D eigenvalue weighted by atomic mass is 10.1. The van der Waals surface area contributed by atoms with Crippen molar-refractivity contribution in [2.45, 2.75) is 0 Å². The highest BCUT2D eigenvalue weighted by molar-refractivity contribution is 5.97. The molecule has 0 bridgehead atoms. The lowest BCUT2D eigenvalue weighted by Gasteiger charge is -2.04. The number of hydrogen-bond acceptors (Lipinski definition) is 5. The molecule has 0 aliphatic carbocycles. The third-order valence-corrected chi connectivity index (χ3v) is 3.69. The largest absolute Gasteiger partial charge is 0.465 e. The summed E-state index contributed by atoms with van der Waals surface area (Å²) >= 11 is 0. The molecule has 0 aliphatic heterocycles. The molecular weight excluding hydrogens is 351 g/mol. The molecule has 7 heteroatoms. The van der Waals surface area contributed by atoms with Gasteiger partial charge in [-0.1, -0.05) is 18.2 Å². The maximum absolute atomic E-state index is 12.9. The number of carbonyl (C=O) groups is 2. The molecule has 1 heterocycles. The molecule has 2 aromatic carbocycles. The molecule has 1 aromatic heterocycles. The number of benzene rings is 2. The van der Waals surface area contributed by atoms with Gasteiger partial charge >= 0.3 is 5.97 Å². The van der Waals surface area contributed by atoms with E-state index in [9.17, 15) is 14.0 Å². The number of carbonyl (C=O) groups excluding carboxylic acids is 2. The van der Waals surface area contributed by atoms with Gasteiger partial charge in [-0.2, -0.15) is 5.10 Å². The fraction of sp³-hybridized carbons (Fsp3) is 0.0500. The Balaban J connectivity index is 1.71. The van der Waals surface area contributed by atoms with Crippen LogP contribution in [0.1, 0.15) is 26.5 Å². The lowest BCUT2D eigenvalue weighted by Crippen LogP contribution is -2.17. The average molecular weight is 366 g/mol. The van der Waals surface area contributed by atoms with E-state index in [0.717, 1.165) is 0 Å². The van der Waals surface area contributed by atoms with Gasteiger partial charge in [0.25, 0.3) is 5.91 Å². The number of nitrogens with one attached hydrogen (secondary N) is 1.